The van der Waals surface area contributed by atoms with E-state index in [4.69, 9.17) is 3.32 Å². The van der Waals surface area contributed by atoms with Gasteiger partial charge in [-0.05, 0) is 0 Å². The molecule has 0 saturated carbocycles. The zero-order valence-electron chi connectivity index (χ0n) is 4.19. The van der Waals surface area contributed by atoms with Crippen LogP contribution in [0.5, 0.6) is 0 Å². The van der Waals surface area contributed by atoms with E-state index in [0.29, 0.717) is 5.92 Å². The Morgan fingerprint density at radius 1 is 1.50 bits per heavy atom. The van der Waals surface area contributed by atoms with E-state index in [-0.39, 0.29) is 0 Å². The number of rotatable bonds is 0. The van der Waals surface area contributed by atoms with Crippen molar-refractivity contribution >= 4 is 0 Å². The van der Waals surface area contributed by atoms with Crippen LogP contribution in [-0.2, 0) is 23.7 Å². The summed E-state index contributed by atoms with van der Waals surface area (Å²) in [6, 6.07) is 0. The van der Waals surface area contributed by atoms with E-state index in [0.717, 1.165) is 20.4 Å². The van der Waals surface area contributed by atoms with Gasteiger partial charge in [0.15, 0.2) is 0 Å². The van der Waals surface area contributed by atoms with E-state index < -0.39 is 0 Å². The average molecular weight is 121 g/mol. The van der Waals surface area contributed by atoms with Gasteiger partial charge in [-0.3, -0.25) is 0 Å². The predicted octanol–water partition coefficient (Wildman–Crippen LogP) is 1.36. The van der Waals surface area contributed by atoms with Crippen LogP contribution in [0.25, 0.3) is 0 Å². The molecule has 0 radical (unpaired) electrons. The van der Waals surface area contributed by atoms with Gasteiger partial charge in [-0.2, -0.15) is 5.92 Å². The van der Waals surface area contributed by atoms with Gasteiger partial charge in [-0.15, -0.1) is 0 Å². The van der Waals surface area contributed by atoms with E-state index in [9.17, 15) is 0 Å². The van der Waals surface area contributed by atoms with Crippen molar-refractivity contribution in [3.05, 3.63) is 6.92 Å². The third-order valence-electron chi connectivity index (χ3n) is 0. The summed E-state index contributed by atoms with van der Waals surface area (Å²) in [6.07, 6.45) is 0. The number of hydrogen-bond acceptors (Lipinski definition) is 1. The second kappa shape index (κ2) is 9.10. The normalized spacial score (nSPS) is 7.00. The van der Waals surface area contributed by atoms with Crippen LogP contribution >= 0.6 is 0 Å². The van der Waals surface area contributed by atoms with Crippen molar-refractivity contribution in [3.63, 3.8) is 0 Å². The molecule has 0 fully saturated rings. The molecule has 0 aliphatic heterocycles. The third kappa shape index (κ3) is 211. The Bertz CT molecular complexity index is 18.8. The quantitative estimate of drug-likeness (QED) is 0.349. The first-order valence-electron chi connectivity index (χ1n) is 1.77. The van der Waals surface area contributed by atoms with Crippen LogP contribution in [0.4, 0.5) is 0 Å². The molecule has 0 saturated heterocycles. The van der Waals surface area contributed by atoms with Crippen molar-refractivity contribution in [2.75, 3.05) is 0 Å². The molecule has 0 aromatic heterocycles. The van der Waals surface area contributed by atoms with Crippen LogP contribution in [0.2, 0.25) is 0 Å². The molecule has 0 aromatic rings. The maximum atomic E-state index is 8.25. The van der Waals surface area contributed by atoms with Crippen molar-refractivity contribution in [2.24, 2.45) is 5.92 Å². The maximum absolute atomic E-state index is 8.25. The van der Waals surface area contributed by atoms with Crippen LogP contribution in [-0.4, -0.2) is 0 Å². The molecule has 35 valence electrons. The molecule has 0 aliphatic rings. The first kappa shape index (κ1) is 9.72. The average Bonchev–Trinajstić information content (AvgIpc) is 1.41. The summed E-state index contributed by atoms with van der Waals surface area (Å²) in [5.41, 5.74) is 0. The fraction of sp³-hybridized carbons (Fsp3) is 0.750. The molecule has 0 aliphatic carbocycles. The Kier molecular flexibility index (Phi) is 14.7. The summed E-state index contributed by atoms with van der Waals surface area (Å²) in [6.45, 7) is 7.75. The van der Waals surface area contributed by atoms with Gasteiger partial charge in [0.05, 0.1) is 0 Å². The first-order valence-corrected chi connectivity index (χ1v) is 2.40. The molecule has 6 heavy (non-hydrogen) atoms. The van der Waals surface area contributed by atoms with Gasteiger partial charge in [0.2, 0.25) is 0 Å². The van der Waals surface area contributed by atoms with Gasteiger partial charge >= 0.3 is 23.7 Å². The molecule has 0 rings (SSSR count). The van der Waals surface area contributed by atoms with Crippen molar-refractivity contribution in [1.29, 1.82) is 0 Å². The van der Waals surface area contributed by atoms with Crippen LogP contribution < -0.4 is 0 Å². The topological polar surface area (TPSA) is 17.1 Å². The van der Waals surface area contributed by atoms with Crippen LogP contribution in [0.1, 0.15) is 13.8 Å². The second-order valence-electron chi connectivity index (χ2n) is 1.39. The zero-order valence-corrected chi connectivity index (χ0v) is 5.75. The molecule has 1 nitrogen and oxygen atoms in total. The van der Waals surface area contributed by atoms with E-state index in [1.165, 1.54) is 0 Å². The monoisotopic (exact) mass is 121 g/mol. The van der Waals surface area contributed by atoms with E-state index in [1.807, 2.05) is 0 Å². The molecular weight excluding hydrogens is 112 g/mol. The Morgan fingerprint density at radius 3 is 1.50 bits per heavy atom. The van der Waals surface area contributed by atoms with E-state index >= 15 is 0 Å². The van der Waals surface area contributed by atoms with Crippen LogP contribution in [0.3, 0.4) is 0 Å². The first-order chi connectivity index (χ1) is 2.73. The minimum atomic E-state index is 0.583. The minimum absolute atomic E-state index is 0.583. The Balaban J connectivity index is 0. The third-order valence-corrected chi connectivity index (χ3v) is 0. The van der Waals surface area contributed by atoms with Gasteiger partial charge in [-0.25, -0.2) is 0 Å². The molecule has 0 bridgehead atoms. The van der Waals surface area contributed by atoms with Crippen LogP contribution in [0.15, 0.2) is 0 Å². The summed E-state index contributed by atoms with van der Waals surface area (Å²) in [5, 5.41) is 0. The Morgan fingerprint density at radius 2 is 1.50 bits per heavy atom. The molecule has 0 unspecified atom stereocenters. The molecule has 0 amide bonds. The van der Waals surface area contributed by atoms with Crippen molar-refractivity contribution in [3.8, 4) is 0 Å². The predicted molar refractivity (Wildman–Crippen MR) is 20.9 cm³/mol. The molecule has 0 heterocycles. The molecule has 0 spiro atoms. The molecule has 0 N–H and O–H groups in total. The zero-order chi connectivity index (χ0) is 5.58. The summed E-state index contributed by atoms with van der Waals surface area (Å²) in [4.78, 5) is 0. The Hall–Kier alpha value is 0.514. The SMILES string of the molecule is [CH2-]C(C)C.[O]=[Ti+]. The van der Waals surface area contributed by atoms with E-state index in [1.54, 1.807) is 0 Å². The molecule has 0 atom stereocenters. The van der Waals surface area contributed by atoms with Gasteiger partial charge in [0, 0.05) is 0 Å². The van der Waals surface area contributed by atoms with Gasteiger partial charge in [0.25, 0.3) is 0 Å². The molecule has 0 aromatic carbocycles. The van der Waals surface area contributed by atoms with Gasteiger partial charge < -0.3 is 6.92 Å². The van der Waals surface area contributed by atoms with Crippen molar-refractivity contribution in [1.82, 2.24) is 0 Å². The second-order valence-corrected chi connectivity index (χ2v) is 1.39. The summed E-state index contributed by atoms with van der Waals surface area (Å²) in [5.74, 6) is 0.583. The molecular formula is C4H9OTi. The summed E-state index contributed by atoms with van der Waals surface area (Å²) in [7, 11) is 0. The fourth-order valence-corrected chi connectivity index (χ4v) is 0. The van der Waals surface area contributed by atoms with Gasteiger partial charge in [0.1, 0.15) is 0 Å². The van der Waals surface area contributed by atoms with Crippen molar-refractivity contribution in [2.45, 2.75) is 13.8 Å². The van der Waals surface area contributed by atoms with E-state index in [2.05, 4.69) is 20.8 Å². The fourth-order valence-electron chi connectivity index (χ4n) is 0. The Labute approximate surface area is 50.9 Å². The van der Waals surface area contributed by atoms with Crippen LogP contribution in [0, 0.1) is 12.8 Å². The summed E-state index contributed by atoms with van der Waals surface area (Å²) < 4.78 is 8.25. The summed E-state index contributed by atoms with van der Waals surface area (Å²) >= 11 is 0.750. The standard InChI is InChI=1S/C4H9.O.Ti/c1-4(2)3;;/h4H,1H2,2-3H3;;/q-1;;+1. The molecule has 2 heteroatoms. The van der Waals surface area contributed by atoms with Gasteiger partial charge in [-0.1, -0.05) is 13.8 Å². The van der Waals surface area contributed by atoms with Crippen molar-refractivity contribution < 1.29 is 23.7 Å². The number of hydrogen-bond donors (Lipinski definition) is 0.